The molecule has 0 aliphatic rings. The van der Waals surface area contributed by atoms with Crippen LogP contribution >= 0.6 is 0 Å². The number of nitrogens with zero attached hydrogens (tertiary/aromatic N) is 1. The molecule has 0 saturated carbocycles. The number of hydrogen-bond acceptors (Lipinski definition) is 5. The first-order valence-corrected chi connectivity index (χ1v) is 11.4. The molecular formula is C24H26N2O5S. The Morgan fingerprint density at radius 2 is 1.62 bits per heavy atom. The van der Waals surface area contributed by atoms with Crippen molar-refractivity contribution < 1.29 is 22.7 Å². The maximum Gasteiger partial charge on any atom is 0.264 e. The third-order valence-corrected chi connectivity index (χ3v) is 6.87. The number of amides is 1. The lowest BCUT2D eigenvalue weighted by atomic mass is 10.1. The molecule has 0 atom stereocenters. The van der Waals surface area contributed by atoms with E-state index in [0.29, 0.717) is 22.9 Å². The van der Waals surface area contributed by atoms with Gasteiger partial charge in [0.1, 0.15) is 18.0 Å². The van der Waals surface area contributed by atoms with Crippen LogP contribution in [0.25, 0.3) is 0 Å². The molecule has 168 valence electrons. The Bertz CT molecular complexity index is 1210. The van der Waals surface area contributed by atoms with Gasteiger partial charge in [-0.05, 0) is 61.4 Å². The summed E-state index contributed by atoms with van der Waals surface area (Å²) in [6.07, 6.45) is 0. The van der Waals surface area contributed by atoms with E-state index in [9.17, 15) is 13.2 Å². The molecule has 1 N–H and O–H groups in total. The lowest BCUT2D eigenvalue weighted by Crippen LogP contribution is -2.38. The molecule has 0 bridgehead atoms. The Kier molecular flexibility index (Phi) is 7.05. The number of hydrogen-bond donors (Lipinski definition) is 1. The summed E-state index contributed by atoms with van der Waals surface area (Å²) in [6.45, 7) is 3.43. The Balaban J connectivity index is 1.96. The SMILES string of the molecule is COc1ccc(NC(=O)CN(c2ccc(C)c(C)c2)S(=O)(=O)c2ccccc2)c(OC)c1. The monoisotopic (exact) mass is 454 g/mol. The second kappa shape index (κ2) is 9.74. The van der Waals surface area contributed by atoms with E-state index in [-0.39, 0.29) is 4.90 Å². The van der Waals surface area contributed by atoms with Crippen LogP contribution in [-0.2, 0) is 14.8 Å². The maximum atomic E-state index is 13.4. The Hall–Kier alpha value is -3.52. The van der Waals surface area contributed by atoms with Crippen molar-refractivity contribution in [2.24, 2.45) is 0 Å². The van der Waals surface area contributed by atoms with Crippen molar-refractivity contribution in [2.45, 2.75) is 18.7 Å². The number of anilines is 2. The fourth-order valence-electron chi connectivity index (χ4n) is 3.14. The summed E-state index contributed by atoms with van der Waals surface area (Å²) >= 11 is 0. The van der Waals surface area contributed by atoms with Crippen molar-refractivity contribution in [1.82, 2.24) is 0 Å². The van der Waals surface area contributed by atoms with Gasteiger partial charge in [0.05, 0.1) is 30.5 Å². The third kappa shape index (κ3) is 5.03. The number of methoxy groups -OCH3 is 2. The van der Waals surface area contributed by atoms with Crippen molar-refractivity contribution in [1.29, 1.82) is 0 Å². The molecule has 1 amide bonds. The molecule has 3 aromatic carbocycles. The number of ether oxygens (including phenoxy) is 2. The molecule has 0 fully saturated rings. The summed E-state index contributed by atoms with van der Waals surface area (Å²) in [7, 11) is -0.968. The fraction of sp³-hybridized carbons (Fsp3) is 0.208. The molecule has 8 heteroatoms. The molecule has 0 saturated heterocycles. The zero-order valence-corrected chi connectivity index (χ0v) is 19.3. The lowest BCUT2D eigenvalue weighted by Gasteiger charge is -2.25. The second-order valence-electron chi connectivity index (χ2n) is 7.21. The Morgan fingerprint density at radius 3 is 2.25 bits per heavy atom. The predicted molar refractivity (Wildman–Crippen MR) is 125 cm³/mol. The molecule has 3 aromatic rings. The standard InChI is InChI=1S/C24H26N2O5S/c1-17-10-11-19(14-18(17)2)26(32(28,29)21-8-6-5-7-9-21)16-24(27)25-22-13-12-20(30-3)15-23(22)31-4/h5-15H,16H2,1-4H3,(H,25,27). The zero-order chi connectivity index (χ0) is 23.3. The highest BCUT2D eigenvalue weighted by Gasteiger charge is 2.27. The van der Waals surface area contributed by atoms with Gasteiger partial charge < -0.3 is 14.8 Å². The maximum absolute atomic E-state index is 13.4. The molecule has 0 radical (unpaired) electrons. The number of sulfonamides is 1. The van der Waals surface area contributed by atoms with Crippen molar-refractivity contribution in [3.05, 3.63) is 77.9 Å². The first-order chi connectivity index (χ1) is 15.3. The molecule has 32 heavy (non-hydrogen) atoms. The van der Waals surface area contributed by atoms with Gasteiger partial charge in [0.2, 0.25) is 5.91 Å². The summed E-state index contributed by atoms with van der Waals surface area (Å²) in [6, 6.07) is 18.3. The second-order valence-corrected chi connectivity index (χ2v) is 9.07. The molecule has 7 nitrogen and oxygen atoms in total. The van der Waals surface area contributed by atoms with Crippen LogP contribution in [0.5, 0.6) is 11.5 Å². The fourth-order valence-corrected chi connectivity index (χ4v) is 4.57. The minimum Gasteiger partial charge on any atom is -0.497 e. The van der Waals surface area contributed by atoms with Crippen LogP contribution in [0.3, 0.4) is 0 Å². The number of rotatable bonds is 8. The van der Waals surface area contributed by atoms with E-state index >= 15 is 0 Å². The lowest BCUT2D eigenvalue weighted by molar-refractivity contribution is -0.114. The van der Waals surface area contributed by atoms with E-state index in [2.05, 4.69) is 5.32 Å². The summed E-state index contributed by atoms with van der Waals surface area (Å²) in [5.74, 6) is 0.468. The Morgan fingerprint density at radius 1 is 0.906 bits per heavy atom. The predicted octanol–water partition coefficient (Wildman–Crippen LogP) is 4.15. The number of carbonyl (C=O) groups is 1. The molecule has 0 heterocycles. The van der Waals surface area contributed by atoms with Gasteiger partial charge >= 0.3 is 0 Å². The van der Waals surface area contributed by atoms with Crippen LogP contribution in [0.2, 0.25) is 0 Å². The number of nitrogens with one attached hydrogen (secondary N) is 1. The Labute approximate surface area is 188 Å². The van der Waals surface area contributed by atoms with Gasteiger partial charge in [-0.3, -0.25) is 9.10 Å². The number of carbonyl (C=O) groups excluding carboxylic acids is 1. The van der Waals surface area contributed by atoms with Crippen LogP contribution in [0.15, 0.2) is 71.6 Å². The van der Waals surface area contributed by atoms with E-state index in [0.717, 1.165) is 15.4 Å². The topological polar surface area (TPSA) is 84.9 Å². The molecule has 0 spiro atoms. The van der Waals surface area contributed by atoms with Crippen molar-refractivity contribution >= 4 is 27.3 Å². The normalized spacial score (nSPS) is 11.0. The first kappa shape index (κ1) is 23.1. The summed E-state index contributed by atoms with van der Waals surface area (Å²) < 4.78 is 38.5. The average Bonchev–Trinajstić information content (AvgIpc) is 2.80. The minimum absolute atomic E-state index is 0.105. The van der Waals surface area contributed by atoms with Gasteiger partial charge in [0, 0.05) is 6.07 Å². The van der Waals surface area contributed by atoms with Gasteiger partial charge in [-0.2, -0.15) is 0 Å². The highest BCUT2D eigenvalue weighted by molar-refractivity contribution is 7.92. The van der Waals surface area contributed by atoms with Crippen molar-refractivity contribution in [3.8, 4) is 11.5 Å². The number of benzene rings is 3. The highest BCUT2D eigenvalue weighted by Crippen LogP contribution is 2.30. The van der Waals surface area contributed by atoms with Gasteiger partial charge in [-0.15, -0.1) is 0 Å². The van der Waals surface area contributed by atoms with Gasteiger partial charge in [0.25, 0.3) is 10.0 Å². The zero-order valence-electron chi connectivity index (χ0n) is 18.5. The van der Waals surface area contributed by atoms with Crippen LogP contribution in [0.4, 0.5) is 11.4 Å². The smallest absolute Gasteiger partial charge is 0.264 e. The summed E-state index contributed by atoms with van der Waals surface area (Å²) in [5.41, 5.74) is 2.77. The molecule has 3 rings (SSSR count). The van der Waals surface area contributed by atoms with Crippen molar-refractivity contribution in [2.75, 3.05) is 30.4 Å². The molecule has 0 aromatic heterocycles. The van der Waals surface area contributed by atoms with Crippen LogP contribution in [-0.4, -0.2) is 35.1 Å². The van der Waals surface area contributed by atoms with Crippen LogP contribution < -0.4 is 19.1 Å². The van der Waals surface area contributed by atoms with E-state index < -0.39 is 22.5 Å². The quantitative estimate of drug-likeness (QED) is 0.553. The van der Waals surface area contributed by atoms with Crippen LogP contribution in [0.1, 0.15) is 11.1 Å². The van der Waals surface area contributed by atoms with Gasteiger partial charge in [-0.25, -0.2) is 8.42 Å². The van der Waals surface area contributed by atoms with Crippen LogP contribution in [0, 0.1) is 13.8 Å². The minimum atomic E-state index is -3.98. The van der Waals surface area contributed by atoms with E-state index in [1.807, 2.05) is 19.9 Å². The molecule has 0 unspecified atom stereocenters. The average molecular weight is 455 g/mol. The highest BCUT2D eigenvalue weighted by atomic mass is 32.2. The van der Waals surface area contributed by atoms with Gasteiger partial charge in [-0.1, -0.05) is 24.3 Å². The summed E-state index contributed by atoms with van der Waals surface area (Å²) in [5, 5.41) is 2.74. The molecular weight excluding hydrogens is 428 g/mol. The molecule has 0 aliphatic carbocycles. The first-order valence-electron chi connectivity index (χ1n) is 9.93. The summed E-state index contributed by atoms with van der Waals surface area (Å²) in [4.78, 5) is 13.0. The van der Waals surface area contributed by atoms with Crippen molar-refractivity contribution in [3.63, 3.8) is 0 Å². The largest absolute Gasteiger partial charge is 0.497 e. The molecule has 0 aliphatic heterocycles. The third-order valence-electron chi connectivity index (χ3n) is 5.08. The van der Waals surface area contributed by atoms with E-state index in [4.69, 9.17) is 9.47 Å². The number of aryl methyl sites for hydroxylation is 2. The van der Waals surface area contributed by atoms with E-state index in [1.54, 1.807) is 48.5 Å². The van der Waals surface area contributed by atoms with Gasteiger partial charge in [0.15, 0.2) is 0 Å². The van der Waals surface area contributed by atoms with E-state index in [1.165, 1.54) is 26.4 Å².